The number of anilines is 2. The highest BCUT2D eigenvalue weighted by Gasteiger charge is 2.31. The van der Waals surface area contributed by atoms with Gasteiger partial charge in [-0.05, 0) is 31.9 Å². The average Bonchev–Trinajstić information content (AvgIpc) is 3.48. The summed E-state index contributed by atoms with van der Waals surface area (Å²) in [6.45, 7) is 4.12. The Morgan fingerprint density at radius 1 is 1.33 bits per heavy atom. The Balaban J connectivity index is 1.80. The van der Waals surface area contributed by atoms with Crippen LogP contribution in [0, 0.1) is 0 Å². The summed E-state index contributed by atoms with van der Waals surface area (Å²) in [6, 6.07) is 5.56. The van der Waals surface area contributed by atoms with Crippen LogP contribution in [-0.2, 0) is 14.5 Å². The molecular weight excluding hydrogens is 364 g/mol. The fraction of sp³-hybridized carbons (Fsp3) is 0.500. The normalized spacial score (nSPS) is 22.3. The molecule has 2 fully saturated rings. The van der Waals surface area contributed by atoms with E-state index in [0.717, 1.165) is 30.8 Å². The second-order valence-corrected chi connectivity index (χ2v) is 9.72. The highest BCUT2D eigenvalue weighted by atomic mass is 32.2. The summed E-state index contributed by atoms with van der Waals surface area (Å²) >= 11 is 0. The van der Waals surface area contributed by atoms with Gasteiger partial charge in [-0.3, -0.25) is 0 Å². The van der Waals surface area contributed by atoms with Crippen molar-refractivity contribution in [3.63, 3.8) is 0 Å². The molecule has 2 aliphatic rings. The number of morpholine rings is 1. The van der Waals surface area contributed by atoms with E-state index in [2.05, 4.69) is 26.2 Å². The molecule has 2 aromatic rings. The zero-order chi connectivity index (χ0) is 19.0. The van der Waals surface area contributed by atoms with Gasteiger partial charge in [-0.25, -0.2) is 19.2 Å². The lowest BCUT2D eigenvalue weighted by atomic mass is 10.2. The minimum absolute atomic E-state index is 0.167. The van der Waals surface area contributed by atoms with E-state index >= 15 is 0 Å². The number of pyridine rings is 1. The van der Waals surface area contributed by atoms with Gasteiger partial charge in [0.1, 0.15) is 11.6 Å². The summed E-state index contributed by atoms with van der Waals surface area (Å²) in [5.41, 5.74) is 6.44. The fourth-order valence-electron chi connectivity index (χ4n) is 3.12. The van der Waals surface area contributed by atoms with Crippen molar-refractivity contribution in [2.24, 2.45) is 4.36 Å². The Hall–Kier alpha value is -2.26. The van der Waals surface area contributed by atoms with E-state index in [1.165, 1.54) is 0 Å². The third kappa shape index (κ3) is 4.03. The van der Waals surface area contributed by atoms with Crippen LogP contribution in [0.2, 0.25) is 0 Å². The first-order chi connectivity index (χ1) is 12.9. The quantitative estimate of drug-likeness (QED) is 0.856. The predicted octanol–water partition coefficient (Wildman–Crippen LogP) is 2.24. The fourth-order valence-corrected chi connectivity index (χ4v) is 4.74. The van der Waals surface area contributed by atoms with Gasteiger partial charge in [0.15, 0.2) is 11.6 Å². The number of rotatable bonds is 4. The lowest BCUT2D eigenvalue weighted by Gasteiger charge is -2.34. The molecule has 1 saturated carbocycles. The molecule has 2 aromatic heterocycles. The summed E-state index contributed by atoms with van der Waals surface area (Å²) in [7, 11) is -2.30. The Labute approximate surface area is 159 Å². The van der Waals surface area contributed by atoms with E-state index in [1.807, 2.05) is 12.1 Å². The van der Waals surface area contributed by atoms with Crippen molar-refractivity contribution in [1.29, 1.82) is 0 Å². The molecule has 9 heteroatoms. The minimum atomic E-state index is -2.30. The molecular formula is C18H24N6O2S. The summed E-state index contributed by atoms with van der Waals surface area (Å²) < 4.78 is 22.9. The molecule has 0 aromatic carbocycles. The van der Waals surface area contributed by atoms with Crippen molar-refractivity contribution in [3.8, 4) is 11.4 Å². The second kappa shape index (κ2) is 7.05. The molecule has 1 aliphatic heterocycles. The Morgan fingerprint density at radius 3 is 2.81 bits per heavy atom. The third-order valence-corrected chi connectivity index (χ3v) is 7.08. The zero-order valence-corrected chi connectivity index (χ0v) is 16.4. The molecule has 0 radical (unpaired) electrons. The van der Waals surface area contributed by atoms with Gasteiger partial charge in [-0.15, -0.1) is 0 Å². The Morgan fingerprint density at radius 2 is 2.15 bits per heavy atom. The highest BCUT2D eigenvalue weighted by molar-refractivity contribution is 7.93. The van der Waals surface area contributed by atoms with Crippen molar-refractivity contribution >= 4 is 27.2 Å². The summed E-state index contributed by atoms with van der Waals surface area (Å²) in [5.74, 6) is 2.15. The van der Waals surface area contributed by atoms with Crippen LogP contribution in [0.15, 0.2) is 28.8 Å². The Bertz CT molecular complexity index is 951. The molecule has 8 nitrogen and oxygen atoms in total. The van der Waals surface area contributed by atoms with Gasteiger partial charge in [0.2, 0.25) is 0 Å². The predicted molar refractivity (Wildman–Crippen MR) is 106 cm³/mol. The molecule has 0 spiro atoms. The molecule has 3 heterocycles. The maximum Gasteiger partial charge on any atom is 0.167 e. The third-order valence-electron chi connectivity index (χ3n) is 4.82. The molecule has 0 bridgehead atoms. The first-order valence-corrected chi connectivity index (χ1v) is 11.1. The molecule has 2 N–H and O–H groups in total. The average molecular weight is 388 g/mol. The van der Waals surface area contributed by atoms with Crippen molar-refractivity contribution < 1.29 is 8.95 Å². The summed E-state index contributed by atoms with van der Waals surface area (Å²) in [4.78, 5) is 15.6. The second-order valence-electron chi connectivity index (χ2n) is 7.15. The molecule has 27 heavy (non-hydrogen) atoms. The number of hydrogen-bond donors (Lipinski definition) is 1. The Kier molecular flexibility index (Phi) is 4.73. The van der Waals surface area contributed by atoms with Crippen LogP contribution in [-0.4, -0.2) is 56.5 Å². The molecule has 2 atom stereocenters. The first-order valence-electron chi connectivity index (χ1n) is 9.09. The topological polar surface area (TPSA) is 107 Å². The maximum absolute atomic E-state index is 12.9. The number of nitrogen functional groups attached to an aromatic ring is 1. The van der Waals surface area contributed by atoms with Crippen molar-refractivity contribution in [1.82, 2.24) is 15.0 Å². The van der Waals surface area contributed by atoms with Crippen molar-refractivity contribution in [3.05, 3.63) is 24.4 Å². The number of ether oxygens (including phenoxy) is 1. The lowest BCUT2D eigenvalue weighted by molar-refractivity contribution is 0.0985. The largest absolute Gasteiger partial charge is 0.384 e. The van der Waals surface area contributed by atoms with Crippen LogP contribution in [0.25, 0.3) is 11.4 Å². The molecule has 4 rings (SSSR count). The van der Waals surface area contributed by atoms with E-state index in [9.17, 15) is 4.21 Å². The monoisotopic (exact) mass is 388 g/mol. The number of nitrogens with zero attached hydrogens (tertiary/aromatic N) is 5. The number of hydrogen-bond acceptors (Lipinski definition) is 8. The number of aromatic nitrogens is 3. The van der Waals surface area contributed by atoms with Crippen LogP contribution in [0.4, 0.5) is 17.5 Å². The zero-order valence-electron chi connectivity index (χ0n) is 15.5. The van der Waals surface area contributed by atoms with Crippen molar-refractivity contribution in [2.75, 3.05) is 36.6 Å². The summed E-state index contributed by atoms with van der Waals surface area (Å²) in [6.07, 6.45) is 5.29. The lowest BCUT2D eigenvalue weighted by Crippen LogP contribution is -2.44. The summed E-state index contributed by atoms with van der Waals surface area (Å²) in [5, 5.41) is 0.167. The van der Waals surface area contributed by atoms with Gasteiger partial charge in [0.25, 0.3) is 0 Å². The maximum atomic E-state index is 12.9. The van der Waals surface area contributed by atoms with Gasteiger partial charge >= 0.3 is 0 Å². The molecule has 144 valence electrons. The van der Waals surface area contributed by atoms with Crippen LogP contribution >= 0.6 is 0 Å². The molecule has 0 amide bonds. The van der Waals surface area contributed by atoms with E-state index in [4.69, 9.17) is 15.5 Å². The van der Waals surface area contributed by atoms with E-state index in [1.54, 1.807) is 18.5 Å². The van der Waals surface area contributed by atoms with Gasteiger partial charge in [0.05, 0.1) is 29.0 Å². The van der Waals surface area contributed by atoms with Crippen molar-refractivity contribution in [2.45, 2.75) is 31.1 Å². The molecule has 1 aliphatic carbocycles. The van der Waals surface area contributed by atoms with Crippen LogP contribution in [0.1, 0.15) is 19.8 Å². The SMILES string of the molecule is C[C@@H]1COCCN1c1cc(N=S(C)(=O)C2CC2)nc(-c2ccc(N)nc2)n1. The first kappa shape index (κ1) is 18.1. The van der Waals surface area contributed by atoms with Gasteiger partial charge in [-0.1, -0.05) is 0 Å². The minimum Gasteiger partial charge on any atom is -0.384 e. The van der Waals surface area contributed by atoms with Crippen LogP contribution < -0.4 is 10.6 Å². The van der Waals surface area contributed by atoms with Gasteiger partial charge in [-0.2, -0.15) is 4.36 Å². The molecule has 1 unspecified atom stereocenters. The standard InChI is InChI=1S/C18H24N6O2S/c1-12-11-26-8-7-24(12)17-9-16(23-27(2,25)14-4-5-14)21-18(22-17)13-3-6-15(19)20-10-13/h3,6,9-10,12,14H,4-5,7-8,11H2,1-2H3,(H2,19,20)/t12-,27?/m1/s1. The van der Waals surface area contributed by atoms with Gasteiger partial charge < -0.3 is 15.4 Å². The van der Waals surface area contributed by atoms with E-state index in [0.29, 0.717) is 30.7 Å². The smallest absolute Gasteiger partial charge is 0.167 e. The van der Waals surface area contributed by atoms with Crippen LogP contribution in [0.3, 0.4) is 0 Å². The van der Waals surface area contributed by atoms with E-state index < -0.39 is 9.73 Å². The number of nitrogens with two attached hydrogens (primary N) is 1. The van der Waals surface area contributed by atoms with Gasteiger partial charge in [0, 0.05) is 35.9 Å². The highest BCUT2D eigenvalue weighted by Crippen LogP contribution is 2.32. The van der Waals surface area contributed by atoms with E-state index in [-0.39, 0.29) is 11.3 Å². The van der Waals surface area contributed by atoms with Crippen LogP contribution in [0.5, 0.6) is 0 Å². The molecule has 1 saturated heterocycles.